The van der Waals surface area contributed by atoms with E-state index >= 15 is 8.78 Å². The van der Waals surface area contributed by atoms with Gasteiger partial charge in [0.05, 0.1) is 19.1 Å². The van der Waals surface area contributed by atoms with Crippen molar-refractivity contribution >= 4 is 23.5 Å². The Hall–Kier alpha value is -4.39. The van der Waals surface area contributed by atoms with Gasteiger partial charge in [-0.1, -0.05) is 23.8 Å². The Morgan fingerprint density at radius 2 is 1.82 bits per heavy atom. The molecule has 1 saturated carbocycles. The van der Waals surface area contributed by atoms with Gasteiger partial charge in [0.2, 0.25) is 5.91 Å². The van der Waals surface area contributed by atoms with Gasteiger partial charge in [-0.15, -0.1) is 13.2 Å². The minimum atomic E-state index is -5.00. The molecule has 1 aliphatic rings. The molecule has 1 amide bonds. The number of alkyl halides is 3. The number of nitrogens with zero attached hydrogens (tertiary/aromatic N) is 2. The van der Waals surface area contributed by atoms with Crippen LogP contribution < -0.4 is 10.9 Å². The number of hydrogen-bond acceptors (Lipinski definition) is 5. The lowest BCUT2D eigenvalue weighted by Gasteiger charge is -2.25. The van der Waals surface area contributed by atoms with Crippen LogP contribution in [0.15, 0.2) is 60.4 Å². The van der Waals surface area contributed by atoms with Crippen molar-refractivity contribution in [3.8, 4) is 11.1 Å². The molecule has 268 valence electrons. The lowest BCUT2D eigenvalue weighted by Crippen LogP contribution is -2.41. The molecule has 0 spiro atoms. The third kappa shape index (κ3) is 9.23. The number of carbonyl (C=O) groups excluding carboxylic acids is 2. The number of benzene rings is 2. The zero-order chi connectivity index (χ0) is 36.7. The number of ether oxygens (including phenoxy) is 1. The number of halogens is 7. The maximum atomic E-state index is 16.4. The Balaban J connectivity index is 1.84. The number of aromatic nitrogens is 2. The summed E-state index contributed by atoms with van der Waals surface area (Å²) in [6.07, 6.45) is 0.556. The molecule has 50 heavy (non-hydrogen) atoms. The van der Waals surface area contributed by atoms with E-state index in [1.165, 1.54) is 24.3 Å². The number of aryl methyl sites for hydroxylation is 1. The molecule has 1 fully saturated rings. The van der Waals surface area contributed by atoms with Crippen LogP contribution in [0.2, 0.25) is 5.15 Å². The van der Waals surface area contributed by atoms with Crippen molar-refractivity contribution in [1.82, 2.24) is 15.1 Å². The number of rotatable bonds is 16. The standard InChI is InChI=1S/C36H36ClF6N3O4/c1-4-7-8-9-11-21-14-23(38)17-27(39)32(21)22-15-24(20-12-13-20)33(40)25(16-22)28(19-31(48)50-6-3)44-35(49)29(10-5-2)46-30(47)18-26(34(37)45-46)36(41,42)43/h4-5,14-18,20,28-29H,1-2,6-13,19H2,3H3,(H,44,49)/t28-,29-/m0/s1. The predicted octanol–water partition coefficient (Wildman–Crippen LogP) is 8.70. The first-order valence-electron chi connectivity index (χ1n) is 16.1. The van der Waals surface area contributed by atoms with Crippen molar-refractivity contribution in [2.75, 3.05) is 6.61 Å². The van der Waals surface area contributed by atoms with E-state index < -0.39 is 70.3 Å². The van der Waals surface area contributed by atoms with E-state index in [1.54, 1.807) is 13.0 Å². The number of amides is 1. The molecule has 1 N–H and O–H groups in total. The molecule has 7 nitrogen and oxygen atoms in total. The second kappa shape index (κ2) is 16.5. The van der Waals surface area contributed by atoms with Gasteiger partial charge >= 0.3 is 12.1 Å². The molecule has 3 aromatic rings. The highest BCUT2D eigenvalue weighted by Crippen LogP contribution is 2.45. The predicted molar refractivity (Wildman–Crippen MR) is 176 cm³/mol. The second-order valence-corrected chi connectivity index (χ2v) is 12.3. The highest BCUT2D eigenvalue weighted by atomic mass is 35.5. The summed E-state index contributed by atoms with van der Waals surface area (Å²) in [6, 6.07) is 1.81. The van der Waals surface area contributed by atoms with E-state index in [-0.39, 0.29) is 47.3 Å². The van der Waals surface area contributed by atoms with Crippen LogP contribution in [0.1, 0.15) is 92.1 Å². The summed E-state index contributed by atoms with van der Waals surface area (Å²) < 4.78 is 92.1. The van der Waals surface area contributed by atoms with Crippen molar-refractivity contribution in [2.24, 2.45) is 0 Å². The summed E-state index contributed by atoms with van der Waals surface area (Å²) in [4.78, 5) is 39.4. The second-order valence-electron chi connectivity index (χ2n) is 11.9. The fourth-order valence-electron chi connectivity index (χ4n) is 5.75. The molecular weight excluding hydrogens is 688 g/mol. The number of esters is 1. The Morgan fingerprint density at radius 1 is 1.10 bits per heavy atom. The molecule has 0 radical (unpaired) electrons. The minimum absolute atomic E-state index is 0.0362. The first kappa shape index (κ1) is 38.4. The van der Waals surface area contributed by atoms with E-state index in [9.17, 15) is 31.9 Å². The zero-order valence-corrected chi connectivity index (χ0v) is 28.0. The molecule has 1 aliphatic carbocycles. The summed E-state index contributed by atoms with van der Waals surface area (Å²) in [6.45, 7) is 8.72. The summed E-state index contributed by atoms with van der Waals surface area (Å²) in [5.74, 6) is -4.54. The van der Waals surface area contributed by atoms with E-state index in [0.29, 0.717) is 48.8 Å². The van der Waals surface area contributed by atoms with Crippen LogP contribution in [0.25, 0.3) is 11.1 Å². The zero-order valence-electron chi connectivity index (χ0n) is 27.2. The average Bonchev–Trinajstić information content (AvgIpc) is 3.88. The van der Waals surface area contributed by atoms with Gasteiger partial charge in [0, 0.05) is 23.3 Å². The Kier molecular flexibility index (Phi) is 12.7. The normalized spacial score (nSPS) is 14.2. The SMILES string of the molecule is C=CCCCCc1cc(F)cc(F)c1-c1cc(C2CC2)c(F)c([C@H](CC(=O)OCC)NC(=O)[C@H](CC=C)n2nc(Cl)c(C(F)(F)F)cc2=O)c1. The molecule has 2 aromatic carbocycles. The summed E-state index contributed by atoms with van der Waals surface area (Å²) in [5, 5.41) is 4.97. The fraction of sp³-hybridized carbons (Fsp3) is 0.389. The van der Waals surface area contributed by atoms with Gasteiger partial charge in [-0.25, -0.2) is 17.9 Å². The monoisotopic (exact) mass is 723 g/mol. The van der Waals surface area contributed by atoms with Gasteiger partial charge in [0.1, 0.15) is 29.1 Å². The van der Waals surface area contributed by atoms with Gasteiger partial charge in [-0.2, -0.15) is 18.3 Å². The largest absolute Gasteiger partial charge is 0.466 e. The summed E-state index contributed by atoms with van der Waals surface area (Å²) >= 11 is 5.75. The van der Waals surface area contributed by atoms with Gasteiger partial charge in [0.25, 0.3) is 5.56 Å². The first-order chi connectivity index (χ1) is 23.7. The van der Waals surface area contributed by atoms with Crippen molar-refractivity contribution in [2.45, 2.75) is 82.5 Å². The van der Waals surface area contributed by atoms with Crippen molar-refractivity contribution < 1.29 is 40.7 Å². The molecule has 0 unspecified atom stereocenters. The highest BCUT2D eigenvalue weighted by molar-refractivity contribution is 6.30. The van der Waals surface area contributed by atoms with Crippen molar-refractivity contribution in [1.29, 1.82) is 0 Å². The molecule has 4 rings (SSSR count). The topological polar surface area (TPSA) is 90.3 Å². The lowest BCUT2D eigenvalue weighted by atomic mass is 9.89. The van der Waals surface area contributed by atoms with Crippen LogP contribution in [-0.2, 0) is 26.9 Å². The van der Waals surface area contributed by atoms with Crippen molar-refractivity contribution in [3.63, 3.8) is 0 Å². The quantitative estimate of drug-likeness (QED) is 0.0692. The Labute approximate surface area is 290 Å². The van der Waals surface area contributed by atoms with Crippen LogP contribution >= 0.6 is 11.6 Å². The average molecular weight is 724 g/mol. The number of hydrogen-bond donors (Lipinski definition) is 1. The van der Waals surface area contributed by atoms with E-state index in [2.05, 4.69) is 23.6 Å². The molecule has 0 bridgehead atoms. The van der Waals surface area contributed by atoms with Crippen LogP contribution in [0.4, 0.5) is 26.3 Å². The maximum Gasteiger partial charge on any atom is 0.419 e. The molecular formula is C36H36ClF6N3O4. The van der Waals surface area contributed by atoms with E-state index in [0.717, 1.165) is 6.07 Å². The highest BCUT2D eigenvalue weighted by Gasteiger charge is 2.37. The first-order valence-corrected chi connectivity index (χ1v) is 16.4. The number of nitrogens with one attached hydrogen (secondary N) is 1. The lowest BCUT2D eigenvalue weighted by molar-refractivity contribution is -0.144. The van der Waals surface area contributed by atoms with E-state index in [1.807, 2.05) is 0 Å². The summed E-state index contributed by atoms with van der Waals surface area (Å²) in [5.41, 5.74) is -2.24. The third-order valence-electron chi connectivity index (χ3n) is 8.25. The van der Waals surface area contributed by atoms with Crippen LogP contribution in [0.5, 0.6) is 0 Å². The number of carbonyl (C=O) groups is 2. The molecule has 1 aromatic heterocycles. The molecule has 14 heteroatoms. The molecule has 0 aliphatic heterocycles. The minimum Gasteiger partial charge on any atom is -0.466 e. The summed E-state index contributed by atoms with van der Waals surface area (Å²) in [7, 11) is 0. The van der Waals surface area contributed by atoms with Gasteiger partial charge in [-0.05, 0) is 92.7 Å². The van der Waals surface area contributed by atoms with E-state index in [4.69, 9.17) is 16.3 Å². The number of allylic oxidation sites excluding steroid dienone is 2. The fourth-order valence-corrected chi connectivity index (χ4v) is 5.99. The third-order valence-corrected chi connectivity index (χ3v) is 8.53. The Morgan fingerprint density at radius 3 is 2.44 bits per heavy atom. The van der Waals surface area contributed by atoms with Crippen LogP contribution in [0.3, 0.4) is 0 Å². The molecule has 0 saturated heterocycles. The van der Waals surface area contributed by atoms with Gasteiger partial charge in [0.15, 0.2) is 5.15 Å². The van der Waals surface area contributed by atoms with Gasteiger partial charge < -0.3 is 10.1 Å². The van der Waals surface area contributed by atoms with Gasteiger partial charge in [-0.3, -0.25) is 14.4 Å². The number of unbranched alkanes of at least 4 members (excludes halogenated alkanes) is 2. The molecule has 2 atom stereocenters. The Bertz CT molecular complexity index is 1820. The van der Waals surface area contributed by atoms with Crippen LogP contribution in [0, 0.1) is 17.5 Å². The van der Waals surface area contributed by atoms with Crippen molar-refractivity contribution in [3.05, 3.63) is 111 Å². The molecule has 1 heterocycles. The smallest absolute Gasteiger partial charge is 0.419 e. The van der Waals surface area contributed by atoms with Crippen LogP contribution in [-0.4, -0.2) is 28.3 Å². The maximum absolute atomic E-state index is 16.4.